The van der Waals surface area contributed by atoms with E-state index in [1.165, 1.54) is 10.5 Å². The van der Waals surface area contributed by atoms with Gasteiger partial charge in [0.1, 0.15) is 0 Å². The third-order valence-electron chi connectivity index (χ3n) is 2.97. The van der Waals surface area contributed by atoms with Crippen LogP contribution in [0.5, 0.6) is 0 Å². The Hall–Kier alpha value is -1.65. The molecule has 0 radical (unpaired) electrons. The van der Waals surface area contributed by atoms with Crippen molar-refractivity contribution in [1.82, 2.24) is 9.29 Å². The van der Waals surface area contributed by atoms with Gasteiger partial charge in [-0.05, 0) is 25.5 Å². The monoisotopic (exact) mass is 310 g/mol. The van der Waals surface area contributed by atoms with Crippen LogP contribution in [0.25, 0.3) is 0 Å². The van der Waals surface area contributed by atoms with Crippen molar-refractivity contribution in [2.45, 2.75) is 32.2 Å². The van der Waals surface area contributed by atoms with Crippen molar-refractivity contribution in [3.05, 3.63) is 18.3 Å². The number of aromatic nitrogens is 1. The van der Waals surface area contributed by atoms with Crippen LogP contribution in [0.1, 0.15) is 27.2 Å². The van der Waals surface area contributed by atoms with Crippen LogP contribution in [0.4, 0.5) is 5.69 Å². The summed E-state index contributed by atoms with van der Waals surface area (Å²) in [5.41, 5.74) is 0.502. The minimum absolute atomic E-state index is 0.0189. The summed E-state index contributed by atoms with van der Waals surface area (Å²) in [6, 6.07) is 5.47. The Kier molecular flexibility index (Phi) is 6.59. The van der Waals surface area contributed by atoms with Crippen molar-refractivity contribution in [2.24, 2.45) is 5.92 Å². The molecule has 0 saturated carbocycles. The minimum atomic E-state index is -3.71. The largest absolute Gasteiger partial charge is 0.383 e. The average molecular weight is 310 g/mol. The molecule has 1 heterocycles. The Labute approximate surface area is 126 Å². The van der Waals surface area contributed by atoms with E-state index in [4.69, 9.17) is 5.26 Å². The van der Waals surface area contributed by atoms with Crippen LogP contribution in [0.2, 0.25) is 0 Å². The van der Waals surface area contributed by atoms with Gasteiger partial charge in [0, 0.05) is 25.8 Å². The van der Waals surface area contributed by atoms with Gasteiger partial charge < -0.3 is 5.32 Å². The molecular weight excluding hydrogens is 288 g/mol. The second-order valence-corrected chi connectivity index (χ2v) is 6.62. The van der Waals surface area contributed by atoms with Gasteiger partial charge in [0.2, 0.25) is 0 Å². The van der Waals surface area contributed by atoms with Gasteiger partial charge in [-0.2, -0.15) is 9.57 Å². The zero-order chi connectivity index (χ0) is 15.9. The van der Waals surface area contributed by atoms with Gasteiger partial charge in [0.05, 0.1) is 17.7 Å². The van der Waals surface area contributed by atoms with Crippen molar-refractivity contribution < 1.29 is 8.42 Å². The van der Waals surface area contributed by atoms with Crippen molar-refractivity contribution >= 4 is 15.7 Å². The molecule has 0 fully saturated rings. The number of hydrogen-bond acceptors (Lipinski definition) is 5. The fourth-order valence-corrected chi connectivity index (χ4v) is 3.47. The second-order valence-electron chi connectivity index (χ2n) is 4.77. The quantitative estimate of drug-likeness (QED) is 0.794. The first-order valence-corrected chi connectivity index (χ1v) is 8.50. The van der Waals surface area contributed by atoms with E-state index >= 15 is 0 Å². The molecule has 116 valence electrons. The summed E-state index contributed by atoms with van der Waals surface area (Å²) in [7, 11) is -3.71. The van der Waals surface area contributed by atoms with Gasteiger partial charge >= 0.3 is 0 Å². The van der Waals surface area contributed by atoms with Gasteiger partial charge in [0.15, 0.2) is 5.03 Å². The summed E-state index contributed by atoms with van der Waals surface area (Å²) in [6.07, 6.45) is 2.35. The van der Waals surface area contributed by atoms with E-state index in [0.717, 1.165) is 6.42 Å². The van der Waals surface area contributed by atoms with Gasteiger partial charge in [0.25, 0.3) is 10.0 Å². The summed E-state index contributed by atoms with van der Waals surface area (Å²) in [5.74, 6) is -0.365. The topological polar surface area (TPSA) is 86.1 Å². The van der Waals surface area contributed by atoms with Crippen LogP contribution in [0.3, 0.4) is 0 Å². The lowest BCUT2D eigenvalue weighted by atomic mass is 10.2. The summed E-state index contributed by atoms with van der Waals surface area (Å²) >= 11 is 0. The van der Waals surface area contributed by atoms with Crippen LogP contribution in [0, 0.1) is 17.2 Å². The normalized spacial score (nSPS) is 12.9. The number of nitrogens with one attached hydrogen (secondary N) is 1. The molecule has 0 aromatic carbocycles. The highest BCUT2D eigenvalue weighted by molar-refractivity contribution is 7.89. The zero-order valence-electron chi connectivity index (χ0n) is 12.7. The summed E-state index contributed by atoms with van der Waals surface area (Å²) in [5, 5.41) is 12.0. The second kappa shape index (κ2) is 7.96. The number of nitrogens with zero attached hydrogens (tertiary/aromatic N) is 3. The molecule has 1 rings (SSSR count). The third kappa shape index (κ3) is 4.41. The maximum absolute atomic E-state index is 12.7. The molecule has 7 heteroatoms. The number of hydrogen-bond donors (Lipinski definition) is 1. The van der Waals surface area contributed by atoms with Gasteiger partial charge in [-0.3, -0.25) is 0 Å². The maximum Gasteiger partial charge on any atom is 0.262 e. The van der Waals surface area contributed by atoms with Crippen molar-refractivity contribution in [1.29, 1.82) is 5.26 Å². The zero-order valence-corrected chi connectivity index (χ0v) is 13.5. The van der Waals surface area contributed by atoms with Crippen LogP contribution in [0.15, 0.2) is 23.4 Å². The fourth-order valence-electron chi connectivity index (χ4n) is 1.86. The summed E-state index contributed by atoms with van der Waals surface area (Å²) < 4.78 is 26.7. The molecular formula is C14H22N4O2S. The molecule has 1 aromatic heterocycles. The van der Waals surface area contributed by atoms with Gasteiger partial charge in [-0.1, -0.05) is 13.8 Å². The first-order valence-electron chi connectivity index (χ1n) is 7.06. The van der Waals surface area contributed by atoms with Crippen LogP contribution in [-0.4, -0.2) is 37.3 Å². The van der Waals surface area contributed by atoms with Crippen LogP contribution in [-0.2, 0) is 10.0 Å². The third-order valence-corrected chi connectivity index (χ3v) is 4.87. The number of nitriles is 1. The molecule has 1 atom stereocenters. The molecule has 1 N–H and O–H groups in total. The van der Waals surface area contributed by atoms with Gasteiger partial charge in [-0.25, -0.2) is 13.4 Å². The van der Waals surface area contributed by atoms with E-state index in [9.17, 15) is 8.42 Å². The molecule has 0 amide bonds. The standard InChI is InChI=1S/C14H22N4O2S/c1-4-8-16-13-7-6-9-17-14(13)21(19,20)18(5-2)11-12(3)10-15/h6-7,9,12,16H,4-5,8,11H2,1-3H3. The lowest BCUT2D eigenvalue weighted by Gasteiger charge is -2.22. The number of anilines is 1. The lowest BCUT2D eigenvalue weighted by molar-refractivity contribution is 0.398. The molecule has 21 heavy (non-hydrogen) atoms. The predicted molar refractivity (Wildman–Crippen MR) is 82.2 cm³/mol. The Morgan fingerprint density at radius 3 is 2.76 bits per heavy atom. The van der Waals surface area contributed by atoms with E-state index in [1.807, 2.05) is 6.92 Å². The molecule has 0 spiro atoms. The smallest absolute Gasteiger partial charge is 0.262 e. The Morgan fingerprint density at radius 2 is 2.19 bits per heavy atom. The number of sulfonamides is 1. The van der Waals surface area contributed by atoms with Crippen molar-refractivity contribution in [3.8, 4) is 6.07 Å². The average Bonchev–Trinajstić information content (AvgIpc) is 2.50. The van der Waals surface area contributed by atoms with Gasteiger partial charge in [-0.15, -0.1) is 0 Å². The first kappa shape index (κ1) is 17.4. The fraction of sp³-hybridized carbons (Fsp3) is 0.571. The Balaban J connectivity index is 3.14. The number of pyridine rings is 1. The van der Waals surface area contributed by atoms with E-state index in [1.54, 1.807) is 26.0 Å². The van der Waals surface area contributed by atoms with Crippen molar-refractivity contribution in [3.63, 3.8) is 0 Å². The highest BCUT2D eigenvalue weighted by atomic mass is 32.2. The molecule has 6 nitrogen and oxygen atoms in total. The first-order chi connectivity index (χ1) is 9.97. The van der Waals surface area contributed by atoms with E-state index < -0.39 is 10.0 Å². The predicted octanol–water partition coefficient (Wildman–Crippen LogP) is 2.07. The van der Waals surface area contributed by atoms with Crippen LogP contribution >= 0.6 is 0 Å². The van der Waals surface area contributed by atoms with Crippen molar-refractivity contribution in [2.75, 3.05) is 25.0 Å². The Bertz CT molecular complexity index is 595. The highest BCUT2D eigenvalue weighted by Gasteiger charge is 2.28. The molecule has 0 aliphatic rings. The molecule has 1 unspecified atom stereocenters. The summed E-state index contributed by atoms with van der Waals surface area (Å²) in [4.78, 5) is 4.03. The molecule has 0 bridgehead atoms. The SMILES string of the molecule is CCCNc1cccnc1S(=O)(=O)N(CC)CC(C)C#N. The van der Waals surface area contributed by atoms with Crippen LogP contribution < -0.4 is 5.32 Å². The highest BCUT2D eigenvalue weighted by Crippen LogP contribution is 2.22. The maximum atomic E-state index is 12.7. The van der Waals surface area contributed by atoms with E-state index in [-0.39, 0.29) is 17.5 Å². The minimum Gasteiger partial charge on any atom is -0.383 e. The lowest BCUT2D eigenvalue weighted by Crippen LogP contribution is -2.35. The molecule has 1 aromatic rings. The molecule has 0 aliphatic heterocycles. The Morgan fingerprint density at radius 1 is 1.48 bits per heavy atom. The molecule has 0 saturated heterocycles. The summed E-state index contributed by atoms with van der Waals surface area (Å²) in [6.45, 7) is 6.60. The van der Waals surface area contributed by atoms with E-state index in [2.05, 4.69) is 16.4 Å². The molecule has 0 aliphatic carbocycles. The van der Waals surface area contributed by atoms with E-state index in [0.29, 0.717) is 18.8 Å². The number of rotatable bonds is 8.